The maximum Gasteiger partial charge on any atom is 0.264 e. The van der Waals surface area contributed by atoms with Crippen LogP contribution in [0.3, 0.4) is 0 Å². The number of hydrogen-bond acceptors (Lipinski definition) is 6. The van der Waals surface area contributed by atoms with Crippen LogP contribution in [0.2, 0.25) is 18.6 Å². The lowest BCUT2D eigenvalue weighted by atomic mass is 9.82. The molecule has 3 heterocycles. The third-order valence-corrected chi connectivity index (χ3v) is 13.1. The van der Waals surface area contributed by atoms with Crippen LogP contribution in [0.1, 0.15) is 47.7 Å². The SMILES string of the molecule is COc1ccc(C(=O)Nc2ccc(CN3C(=O)[C@@]4(O[C@@H](CC(=O)N5CCC[C@H]5CO)[C@H]([Si](C)(C)F)[C@H]4C)c4cc(Br)ccc43)cc2)cc1. The second-order valence-electron chi connectivity index (χ2n) is 13.5. The van der Waals surface area contributed by atoms with Gasteiger partial charge in [0.05, 0.1) is 44.5 Å². The van der Waals surface area contributed by atoms with Crippen molar-refractivity contribution in [2.24, 2.45) is 5.92 Å². The van der Waals surface area contributed by atoms with Gasteiger partial charge in [0, 0.05) is 39.3 Å². The summed E-state index contributed by atoms with van der Waals surface area (Å²) < 4.78 is 28.9. The summed E-state index contributed by atoms with van der Waals surface area (Å²) in [6.45, 7) is 5.78. The number of aliphatic hydroxyl groups excluding tert-OH is 1. The van der Waals surface area contributed by atoms with Gasteiger partial charge in [-0.3, -0.25) is 14.4 Å². The van der Waals surface area contributed by atoms with Gasteiger partial charge in [0.2, 0.25) is 14.3 Å². The van der Waals surface area contributed by atoms with Gasteiger partial charge in [-0.2, -0.15) is 0 Å². The number of ether oxygens (including phenoxy) is 2. The number of likely N-dealkylation sites (tertiary alicyclic amines) is 1. The number of halogens is 2. The standard InChI is InChI=1S/C36H41BrFN3O6Si/c1-22-33(48(3,4)38)31(19-32(43)40-17-5-6-27(40)21-42)47-36(22)29-18-25(37)11-16-30(29)41(35(36)45)20-23-7-12-26(13-8-23)39-34(44)24-9-14-28(46-2)15-10-24/h7-16,18,22,27,31,33,42H,5-6,17,19-21H2,1-4H3,(H,39,44)/t22-,27+,31+,33-,36+/m1/s1. The molecule has 48 heavy (non-hydrogen) atoms. The number of rotatable bonds is 9. The van der Waals surface area contributed by atoms with Gasteiger partial charge in [-0.05, 0) is 86.1 Å². The first kappa shape index (κ1) is 34.3. The highest BCUT2D eigenvalue weighted by Gasteiger charge is 2.67. The van der Waals surface area contributed by atoms with E-state index in [1.165, 1.54) is 0 Å². The van der Waals surface area contributed by atoms with Gasteiger partial charge in [-0.15, -0.1) is 0 Å². The smallest absolute Gasteiger partial charge is 0.264 e. The number of anilines is 2. The lowest BCUT2D eigenvalue weighted by Crippen LogP contribution is -2.45. The van der Waals surface area contributed by atoms with E-state index in [2.05, 4.69) is 21.2 Å². The molecule has 3 aliphatic heterocycles. The summed E-state index contributed by atoms with van der Waals surface area (Å²) in [4.78, 5) is 44.3. The third-order valence-electron chi connectivity index (χ3n) is 10.1. The van der Waals surface area contributed by atoms with Crippen molar-refractivity contribution in [3.05, 3.63) is 87.9 Å². The first-order valence-electron chi connectivity index (χ1n) is 16.3. The second-order valence-corrected chi connectivity index (χ2v) is 18.2. The lowest BCUT2D eigenvalue weighted by Gasteiger charge is -2.31. The van der Waals surface area contributed by atoms with E-state index in [1.807, 2.05) is 37.3 Å². The Morgan fingerprint density at radius 3 is 2.48 bits per heavy atom. The summed E-state index contributed by atoms with van der Waals surface area (Å²) in [5.74, 6) is -0.593. The van der Waals surface area contributed by atoms with Gasteiger partial charge in [-0.1, -0.05) is 35.0 Å². The lowest BCUT2D eigenvalue weighted by molar-refractivity contribution is -0.150. The van der Waals surface area contributed by atoms with E-state index in [9.17, 15) is 19.5 Å². The molecule has 0 aliphatic carbocycles. The first-order chi connectivity index (χ1) is 22.9. The molecule has 2 fully saturated rings. The molecule has 0 aromatic heterocycles. The molecule has 1 spiro atoms. The molecule has 6 rings (SSSR count). The minimum absolute atomic E-state index is 0.0477. The van der Waals surface area contributed by atoms with E-state index in [-0.39, 0.29) is 43.3 Å². The van der Waals surface area contributed by atoms with Gasteiger partial charge in [0.25, 0.3) is 11.8 Å². The van der Waals surface area contributed by atoms with Gasteiger partial charge in [0.1, 0.15) is 5.75 Å². The Hall–Kier alpha value is -3.58. The molecule has 12 heteroatoms. The number of nitrogens with zero attached hydrogens (tertiary/aromatic N) is 2. The van der Waals surface area contributed by atoms with E-state index >= 15 is 4.11 Å². The number of methoxy groups -OCH3 is 1. The summed E-state index contributed by atoms with van der Waals surface area (Å²) in [7, 11) is -1.89. The van der Waals surface area contributed by atoms with Crippen molar-refractivity contribution in [1.29, 1.82) is 0 Å². The predicted octanol–water partition coefficient (Wildman–Crippen LogP) is 6.41. The Morgan fingerprint density at radius 2 is 1.83 bits per heavy atom. The Balaban J connectivity index is 1.26. The first-order valence-corrected chi connectivity index (χ1v) is 20.1. The molecule has 3 amide bonds. The number of amides is 3. The van der Waals surface area contributed by atoms with Crippen LogP contribution in [0.4, 0.5) is 15.5 Å². The summed E-state index contributed by atoms with van der Waals surface area (Å²) >= 11 is 3.57. The molecular formula is C36H41BrFN3O6Si. The van der Waals surface area contributed by atoms with Crippen LogP contribution in [0.5, 0.6) is 5.75 Å². The maximum absolute atomic E-state index is 16.2. The number of nitrogens with one attached hydrogen (secondary N) is 1. The van der Waals surface area contributed by atoms with Crippen LogP contribution < -0.4 is 15.0 Å². The monoisotopic (exact) mass is 737 g/mol. The molecule has 0 saturated carbocycles. The molecule has 2 saturated heterocycles. The van der Waals surface area contributed by atoms with Gasteiger partial charge >= 0.3 is 0 Å². The van der Waals surface area contributed by atoms with Crippen molar-refractivity contribution in [3.8, 4) is 5.75 Å². The molecule has 9 nitrogen and oxygen atoms in total. The zero-order chi connectivity index (χ0) is 34.4. The van der Waals surface area contributed by atoms with Crippen molar-refractivity contribution in [1.82, 2.24) is 4.90 Å². The van der Waals surface area contributed by atoms with Crippen LogP contribution in [-0.2, 0) is 26.5 Å². The molecule has 3 aliphatic rings. The van der Waals surface area contributed by atoms with Gasteiger partial charge < -0.3 is 33.8 Å². The minimum atomic E-state index is -3.45. The highest BCUT2D eigenvalue weighted by Crippen LogP contribution is 2.60. The molecule has 254 valence electrons. The largest absolute Gasteiger partial charge is 0.497 e. The zero-order valence-corrected chi connectivity index (χ0v) is 30.1. The van der Waals surface area contributed by atoms with Crippen molar-refractivity contribution < 1.29 is 33.1 Å². The summed E-state index contributed by atoms with van der Waals surface area (Å²) in [5, 5.41) is 12.7. The Bertz CT molecular complexity index is 1700. The van der Waals surface area contributed by atoms with E-state index in [0.29, 0.717) is 34.8 Å². The Kier molecular flexibility index (Phi) is 9.56. The highest BCUT2D eigenvalue weighted by molar-refractivity contribution is 9.10. The van der Waals surface area contributed by atoms with E-state index < -0.39 is 31.6 Å². The van der Waals surface area contributed by atoms with Crippen LogP contribution in [-0.4, -0.2) is 68.5 Å². The molecule has 3 aromatic carbocycles. The fourth-order valence-electron chi connectivity index (χ4n) is 7.84. The Morgan fingerprint density at radius 1 is 1.12 bits per heavy atom. The zero-order valence-electron chi connectivity index (χ0n) is 27.5. The maximum atomic E-state index is 16.2. The summed E-state index contributed by atoms with van der Waals surface area (Å²) in [6, 6.07) is 19.5. The predicted molar refractivity (Wildman–Crippen MR) is 187 cm³/mol. The van der Waals surface area contributed by atoms with Crippen molar-refractivity contribution in [2.75, 3.05) is 30.5 Å². The molecule has 2 N–H and O–H groups in total. The highest BCUT2D eigenvalue weighted by atomic mass is 79.9. The summed E-state index contributed by atoms with van der Waals surface area (Å²) in [5.41, 5.74) is 1.19. The molecule has 3 aromatic rings. The van der Waals surface area contributed by atoms with Crippen LogP contribution in [0.25, 0.3) is 0 Å². The number of benzene rings is 3. The number of aliphatic hydroxyl groups is 1. The average molecular weight is 739 g/mol. The van der Waals surface area contributed by atoms with Crippen molar-refractivity contribution in [2.45, 2.75) is 69.1 Å². The molecule has 0 bridgehead atoms. The summed E-state index contributed by atoms with van der Waals surface area (Å²) in [6.07, 6.45) is 0.698. The second kappa shape index (κ2) is 13.4. The van der Waals surface area contributed by atoms with E-state index in [4.69, 9.17) is 9.47 Å². The van der Waals surface area contributed by atoms with Crippen LogP contribution in [0.15, 0.2) is 71.2 Å². The topological polar surface area (TPSA) is 108 Å². The van der Waals surface area contributed by atoms with Gasteiger partial charge in [0.15, 0.2) is 5.60 Å². The number of fused-ring (bicyclic) bond motifs is 2. The van der Waals surface area contributed by atoms with E-state index in [1.54, 1.807) is 66.4 Å². The molecular weight excluding hydrogens is 697 g/mol. The van der Waals surface area contributed by atoms with Crippen molar-refractivity contribution >= 4 is 53.4 Å². The van der Waals surface area contributed by atoms with Crippen molar-refractivity contribution in [3.63, 3.8) is 0 Å². The van der Waals surface area contributed by atoms with E-state index in [0.717, 1.165) is 22.9 Å². The van der Waals surface area contributed by atoms with Crippen LogP contribution >= 0.6 is 15.9 Å². The number of carbonyl (C=O) groups excluding carboxylic acids is 3. The van der Waals surface area contributed by atoms with Crippen LogP contribution in [0, 0.1) is 5.92 Å². The number of hydrogen-bond donors (Lipinski definition) is 2. The molecule has 0 unspecified atom stereocenters. The number of carbonyl (C=O) groups is 3. The molecule has 0 radical (unpaired) electrons. The fourth-order valence-corrected chi connectivity index (χ4v) is 10.7. The Labute approximate surface area is 289 Å². The average Bonchev–Trinajstić information content (AvgIpc) is 3.72. The fraction of sp³-hybridized carbons (Fsp3) is 0.417. The minimum Gasteiger partial charge on any atom is -0.497 e. The van der Waals surface area contributed by atoms with Gasteiger partial charge in [-0.25, -0.2) is 0 Å². The third kappa shape index (κ3) is 6.19. The normalized spacial score (nSPS) is 25.1. The quantitative estimate of drug-likeness (QED) is 0.194. The molecule has 5 atom stereocenters.